The van der Waals surface area contributed by atoms with Gasteiger partial charge in [-0.25, -0.2) is 9.78 Å². The Morgan fingerprint density at radius 1 is 1.54 bits per heavy atom. The quantitative estimate of drug-likeness (QED) is 0.749. The minimum Gasteiger partial charge on any atom is -0.481 e. The average molecular weight is 181 g/mol. The molecule has 1 N–H and O–H groups in total. The minimum atomic E-state index is -0.954. The SMILES string of the molecule is COc1cc(C)c(C(=O)O)c(C)n1. The maximum absolute atomic E-state index is 10.8. The molecule has 1 rings (SSSR count). The summed E-state index contributed by atoms with van der Waals surface area (Å²) in [5.74, 6) is -0.509. The van der Waals surface area contributed by atoms with Crippen molar-refractivity contribution in [3.05, 3.63) is 22.9 Å². The van der Waals surface area contributed by atoms with E-state index in [2.05, 4.69) is 4.98 Å². The highest BCUT2D eigenvalue weighted by Crippen LogP contribution is 2.17. The van der Waals surface area contributed by atoms with E-state index < -0.39 is 5.97 Å². The molecule has 70 valence electrons. The summed E-state index contributed by atoms with van der Waals surface area (Å²) in [6, 6.07) is 1.61. The summed E-state index contributed by atoms with van der Waals surface area (Å²) in [5, 5.41) is 8.83. The van der Waals surface area contributed by atoms with E-state index in [0.717, 1.165) is 0 Å². The van der Waals surface area contributed by atoms with Crippen LogP contribution in [-0.4, -0.2) is 23.2 Å². The number of hydrogen-bond acceptors (Lipinski definition) is 3. The van der Waals surface area contributed by atoms with Crippen molar-refractivity contribution in [3.63, 3.8) is 0 Å². The van der Waals surface area contributed by atoms with E-state index in [1.54, 1.807) is 19.9 Å². The Labute approximate surface area is 76.2 Å². The lowest BCUT2D eigenvalue weighted by atomic mass is 10.1. The summed E-state index contributed by atoms with van der Waals surface area (Å²) < 4.78 is 4.91. The maximum Gasteiger partial charge on any atom is 0.337 e. The highest BCUT2D eigenvalue weighted by molar-refractivity contribution is 5.90. The number of hydrogen-bond donors (Lipinski definition) is 1. The second kappa shape index (κ2) is 3.43. The monoisotopic (exact) mass is 181 g/mol. The van der Waals surface area contributed by atoms with Crippen molar-refractivity contribution in [1.82, 2.24) is 4.98 Å². The number of carboxylic acids is 1. The predicted molar refractivity (Wildman–Crippen MR) is 47.2 cm³/mol. The molecule has 0 aromatic carbocycles. The van der Waals surface area contributed by atoms with Gasteiger partial charge in [-0.05, 0) is 19.4 Å². The number of aromatic nitrogens is 1. The minimum absolute atomic E-state index is 0.251. The van der Waals surface area contributed by atoms with Gasteiger partial charge < -0.3 is 9.84 Å². The molecule has 0 radical (unpaired) electrons. The van der Waals surface area contributed by atoms with E-state index in [9.17, 15) is 4.79 Å². The molecular formula is C9H11NO3. The van der Waals surface area contributed by atoms with Gasteiger partial charge in [0, 0.05) is 6.07 Å². The summed E-state index contributed by atoms with van der Waals surface area (Å²) in [7, 11) is 1.50. The molecular weight excluding hydrogens is 170 g/mol. The van der Waals surface area contributed by atoms with Crippen molar-refractivity contribution in [2.24, 2.45) is 0 Å². The van der Waals surface area contributed by atoms with Gasteiger partial charge in [0.25, 0.3) is 0 Å². The van der Waals surface area contributed by atoms with Crippen molar-refractivity contribution in [2.45, 2.75) is 13.8 Å². The van der Waals surface area contributed by atoms with Gasteiger partial charge in [-0.1, -0.05) is 0 Å². The number of aromatic carboxylic acids is 1. The third-order valence-corrected chi connectivity index (χ3v) is 1.80. The standard InChI is InChI=1S/C9H11NO3/c1-5-4-7(13-3)10-6(2)8(5)9(11)12/h4H,1-3H3,(H,11,12). The first kappa shape index (κ1) is 9.51. The summed E-state index contributed by atoms with van der Waals surface area (Å²) in [6.45, 7) is 3.37. The van der Waals surface area contributed by atoms with Crippen molar-refractivity contribution >= 4 is 5.97 Å². The van der Waals surface area contributed by atoms with E-state index in [4.69, 9.17) is 9.84 Å². The van der Waals surface area contributed by atoms with E-state index >= 15 is 0 Å². The molecule has 0 saturated carbocycles. The zero-order valence-electron chi connectivity index (χ0n) is 7.79. The van der Waals surface area contributed by atoms with Crippen LogP contribution in [0.15, 0.2) is 6.07 Å². The van der Waals surface area contributed by atoms with Gasteiger partial charge in [-0.2, -0.15) is 0 Å². The second-order valence-electron chi connectivity index (χ2n) is 2.75. The first-order valence-electron chi connectivity index (χ1n) is 3.81. The lowest BCUT2D eigenvalue weighted by Gasteiger charge is -2.06. The number of rotatable bonds is 2. The Kier molecular flexibility index (Phi) is 2.51. The van der Waals surface area contributed by atoms with Crippen LogP contribution >= 0.6 is 0 Å². The Hall–Kier alpha value is -1.58. The van der Waals surface area contributed by atoms with Crippen molar-refractivity contribution in [3.8, 4) is 5.88 Å². The maximum atomic E-state index is 10.8. The topological polar surface area (TPSA) is 59.4 Å². The highest BCUT2D eigenvalue weighted by Gasteiger charge is 2.12. The molecule has 4 nitrogen and oxygen atoms in total. The molecule has 0 saturated heterocycles. The van der Waals surface area contributed by atoms with Crippen LogP contribution in [0.2, 0.25) is 0 Å². The molecule has 0 bridgehead atoms. The zero-order valence-corrected chi connectivity index (χ0v) is 7.79. The van der Waals surface area contributed by atoms with Crippen LogP contribution in [0, 0.1) is 13.8 Å². The molecule has 0 spiro atoms. The van der Waals surface area contributed by atoms with E-state index in [-0.39, 0.29) is 5.56 Å². The van der Waals surface area contributed by atoms with Gasteiger partial charge >= 0.3 is 5.97 Å². The zero-order chi connectivity index (χ0) is 10.0. The van der Waals surface area contributed by atoms with Crippen LogP contribution in [0.3, 0.4) is 0 Å². The van der Waals surface area contributed by atoms with Crippen LogP contribution in [0.5, 0.6) is 5.88 Å². The number of pyridine rings is 1. The fourth-order valence-corrected chi connectivity index (χ4v) is 1.22. The Morgan fingerprint density at radius 3 is 2.54 bits per heavy atom. The molecule has 0 fully saturated rings. The molecule has 0 unspecified atom stereocenters. The summed E-state index contributed by atoms with van der Waals surface area (Å²) in [5.41, 5.74) is 1.39. The number of nitrogens with zero attached hydrogens (tertiary/aromatic N) is 1. The Bertz CT molecular complexity index is 324. The molecule has 0 amide bonds. The fourth-order valence-electron chi connectivity index (χ4n) is 1.22. The smallest absolute Gasteiger partial charge is 0.337 e. The highest BCUT2D eigenvalue weighted by atomic mass is 16.5. The lowest BCUT2D eigenvalue weighted by Crippen LogP contribution is -2.05. The molecule has 4 heteroatoms. The van der Waals surface area contributed by atoms with Crippen LogP contribution < -0.4 is 4.74 Å². The molecule has 13 heavy (non-hydrogen) atoms. The molecule has 0 aliphatic rings. The Balaban J connectivity index is 3.31. The summed E-state index contributed by atoms with van der Waals surface area (Å²) >= 11 is 0. The number of aryl methyl sites for hydroxylation is 2. The van der Waals surface area contributed by atoms with Crippen LogP contribution in [-0.2, 0) is 0 Å². The third-order valence-electron chi connectivity index (χ3n) is 1.80. The molecule has 1 aromatic heterocycles. The lowest BCUT2D eigenvalue weighted by molar-refractivity contribution is 0.0694. The van der Waals surface area contributed by atoms with Crippen LogP contribution in [0.25, 0.3) is 0 Å². The van der Waals surface area contributed by atoms with Crippen molar-refractivity contribution < 1.29 is 14.6 Å². The normalized spacial score (nSPS) is 9.77. The van der Waals surface area contributed by atoms with Crippen LogP contribution in [0.1, 0.15) is 21.6 Å². The van der Waals surface area contributed by atoms with Gasteiger partial charge in [0.05, 0.1) is 18.4 Å². The van der Waals surface area contributed by atoms with Gasteiger partial charge in [0.2, 0.25) is 5.88 Å². The first-order valence-corrected chi connectivity index (χ1v) is 3.81. The molecule has 0 aliphatic carbocycles. The van der Waals surface area contributed by atoms with Gasteiger partial charge in [-0.15, -0.1) is 0 Å². The van der Waals surface area contributed by atoms with Gasteiger partial charge in [0.15, 0.2) is 0 Å². The molecule has 0 atom stereocenters. The summed E-state index contributed by atoms with van der Waals surface area (Å²) in [6.07, 6.45) is 0. The first-order chi connectivity index (χ1) is 6.06. The van der Waals surface area contributed by atoms with Gasteiger partial charge in [0.1, 0.15) is 0 Å². The average Bonchev–Trinajstić information content (AvgIpc) is 2.02. The Morgan fingerprint density at radius 2 is 2.15 bits per heavy atom. The van der Waals surface area contributed by atoms with E-state index in [1.165, 1.54) is 7.11 Å². The largest absolute Gasteiger partial charge is 0.481 e. The van der Waals surface area contributed by atoms with E-state index in [0.29, 0.717) is 17.1 Å². The van der Waals surface area contributed by atoms with Crippen molar-refractivity contribution in [2.75, 3.05) is 7.11 Å². The fraction of sp³-hybridized carbons (Fsp3) is 0.333. The summed E-state index contributed by atoms with van der Waals surface area (Å²) in [4.78, 5) is 14.7. The van der Waals surface area contributed by atoms with E-state index in [1.807, 2.05) is 0 Å². The predicted octanol–water partition coefficient (Wildman–Crippen LogP) is 1.41. The third kappa shape index (κ3) is 1.77. The molecule has 1 heterocycles. The van der Waals surface area contributed by atoms with Gasteiger partial charge in [-0.3, -0.25) is 0 Å². The number of carbonyl (C=O) groups is 1. The number of methoxy groups -OCH3 is 1. The molecule has 0 aliphatic heterocycles. The number of carboxylic acid groups (broad SMARTS) is 1. The van der Waals surface area contributed by atoms with Crippen LogP contribution in [0.4, 0.5) is 0 Å². The second-order valence-corrected chi connectivity index (χ2v) is 2.75. The number of ether oxygens (including phenoxy) is 1. The molecule has 1 aromatic rings. The van der Waals surface area contributed by atoms with Crippen molar-refractivity contribution in [1.29, 1.82) is 0 Å².